The van der Waals surface area contributed by atoms with Gasteiger partial charge in [-0.25, -0.2) is 4.99 Å². The SMILES string of the molecule is O=C(NCc1ccccn1)c1ccc2c(c1)N=C(NCc1ccc(Cl)cc1)c1ccccc1S2. The van der Waals surface area contributed by atoms with E-state index in [-0.39, 0.29) is 5.91 Å². The van der Waals surface area contributed by atoms with Gasteiger partial charge in [0.1, 0.15) is 5.84 Å². The van der Waals surface area contributed by atoms with E-state index >= 15 is 0 Å². The molecule has 0 fully saturated rings. The summed E-state index contributed by atoms with van der Waals surface area (Å²) in [5, 5.41) is 7.12. The molecule has 1 aliphatic heterocycles. The van der Waals surface area contributed by atoms with Crippen molar-refractivity contribution in [3.8, 4) is 0 Å². The summed E-state index contributed by atoms with van der Waals surface area (Å²) < 4.78 is 0. The second-order valence-corrected chi connectivity index (χ2v) is 9.25. The van der Waals surface area contributed by atoms with Crippen LogP contribution in [0.1, 0.15) is 27.2 Å². The molecule has 0 saturated heterocycles. The lowest BCUT2D eigenvalue weighted by Gasteiger charge is -2.11. The minimum atomic E-state index is -0.161. The number of benzene rings is 3. The van der Waals surface area contributed by atoms with E-state index in [0.717, 1.165) is 38.1 Å². The van der Waals surface area contributed by atoms with E-state index < -0.39 is 0 Å². The third-order valence-corrected chi connectivity index (χ3v) is 6.74. The highest BCUT2D eigenvalue weighted by molar-refractivity contribution is 7.99. The van der Waals surface area contributed by atoms with E-state index in [9.17, 15) is 4.79 Å². The van der Waals surface area contributed by atoms with Crippen LogP contribution in [0.15, 0.2) is 106 Å². The Labute approximate surface area is 207 Å². The highest BCUT2D eigenvalue weighted by atomic mass is 35.5. The molecule has 0 unspecified atom stereocenters. The molecule has 34 heavy (non-hydrogen) atoms. The fourth-order valence-electron chi connectivity index (χ4n) is 3.58. The smallest absolute Gasteiger partial charge is 0.251 e. The van der Waals surface area contributed by atoms with Crippen LogP contribution in [0.4, 0.5) is 5.69 Å². The van der Waals surface area contributed by atoms with Gasteiger partial charge in [0.15, 0.2) is 0 Å². The molecule has 1 aliphatic rings. The van der Waals surface area contributed by atoms with Crippen LogP contribution in [0, 0.1) is 0 Å². The number of carbonyl (C=O) groups is 1. The quantitative estimate of drug-likeness (QED) is 0.364. The van der Waals surface area contributed by atoms with E-state index in [2.05, 4.69) is 27.8 Å². The zero-order chi connectivity index (χ0) is 23.3. The first-order valence-electron chi connectivity index (χ1n) is 10.8. The fourth-order valence-corrected chi connectivity index (χ4v) is 4.71. The molecule has 4 aromatic rings. The maximum absolute atomic E-state index is 12.8. The molecular formula is C27H21ClN4OS. The largest absolute Gasteiger partial charge is 0.365 e. The predicted molar refractivity (Wildman–Crippen MR) is 137 cm³/mol. The van der Waals surface area contributed by atoms with Gasteiger partial charge in [0.25, 0.3) is 5.91 Å². The minimum absolute atomic E-state index is 0.161. The van der Waals surface area contributed by atoms with Gasteiger partial charge >= 0.3 is 0 Å². The summed E-state index contributed by atoms with van der Waals surface area (Å²) in [4.78, 5) is 24.1. The average molecular weight is 485 g/mol. The third-order valence-electron chi connectivity index (χ3n) is 5.34. The van der Waals surface area contributed by atoms with Crippen LogP contribution >= 0.6 is 23.4 Å². The first-order valence-corrected chi connectivity index (χ1v) is 12.0. The second-order valence-electron chi connectivity index (χ2n) is 7.72. The number of amides is 1. The molecular weight excluding hydrogens is 464 g/mol. The number of aromatic nitrogens is 1. The van der Waals surface area contributed by atoms with Gasteiger partial charge < -0.3 is 10.6 Å². The Morgan fingerprint density at radius 3 is 2.53 bits per heavy atom. The van der Waals surface area contributed by atoms with E-state index in [1.54, 1.807) is 18.0 Å². The Hall–Kier alpha value is -3.61. The minimum Gasteiger partial charge on any atom is -0.365 e. The average Bonchev–Trinajstić information content (AvgIpc) is 3.03. The van der Waals surface area contributed by atoms with Crippen LogP contribution in [-0.4, -0.2) is 16.7 Å². The molecule has 168 valence electrons. The Balaban J connectivity index is 1.41. The first-order chi connectivity index (χ1) is 16.7. The van der Waals surface area contributed by atoms with Gasteiger partial charge in [-0.2, -0.15) is 0 Å². The van der Waals surface area contributed by atoms with Crippen LogP contribution in [0.5, 0.6) is 0 Å². The van der Waals surface area contributed by atoms with Gasteiger partial charge in [0, 0.05) is 38.7 Å². The number of aliphatic imine (C=N–C) groups is 1. The fraction of sp³-hybridized carbons (Fsp3) is 0.0741. The number of amidine groups is 1. The zero-order valence-electron chi connectivity index (χ0n) is 18.2. The highest BCUT2D eigenvalue weighted by Crippen LogP contribution is 2.40. The summed E-state index contributed by atoms with van der Waals surface area (Å²) in [5.41, 5.74) is 4.25. The number of fused-ring (bicyclic) bond motifs is 2. The number of nitrogens with one attached hydrogen (secondary N) is 2. The van der Waals surface area contributed by atoms with Crippen molar-refractivity contribution in [2.24, 2.45) is 4.99 Å². The molecule has 0 bridgehead atoms. The summed E-state index contributed by atoms with van der Waals surface area (Å²) in [7, 11) is 0. The molecule has 5 nitrogen and oxygen atoms in total. The number of hydrogen-bond donors (Lipinski definition) is 2. The molecule has 2 heterocycles. The Morgan fingerprint density at radius 2 is 1.71 bits per heavy atom. The molecule has 5 rings (SSSR count). The van der Waals surface area contributed by atoms with Crippen molar-refractivity contribution in [2.45, 2.75) is 22.9 Å². The van der Waals surface area contributed by atoms with Crippen molar-refractivity contribution in [1.29, 1.82) is 0 Å². The number of nitrogens with zero attached hydrogens (tertiary/aromatic N) is 2. The standard InChI is InChI=1S/C27H21ClN4OS/c28-20-11-8-18(9-12-20)16-30-26-22-6-1-2-7-24(22)34-25-13-10-19(15-23(25)32-26)27(33)31-17-21-5-3-4-14-29-21/h1-15H,16-17H2,(H,30,32)(H,31,33). The second kappa shape index (κ2) is 10.1. The maximum atomic E-state index is 12.8. The summed E-state index contributed by atoms with van der Waals surface area (Å²) in [5.74, 6) is 0.605. The van der Waals surface area contributed by atoms with Crippen LogP contribution < -0.4 is 10.6 Å². The third kappa shape index (κ3) is 5.14. The van der Waals surface area contributed by atoms with Gasteiger partial charge in [-0.1, -0.05) is 59.8 Å². The van der Waals surface area contributed by atoms with Crippen LogP contribution in [0.3, 0.4) is 0 Å². The zero-order valence-corrected chi connectivity index (χ0v) is 19.7. The number of hydrogen-bond acceptors (Lipinski definition) is 5. The summed E-state index contributed by atoms with van der Waals surface area (Å²) in [6.45, 7) is 0.975. The number of carbonyl (C=O) groups excluding carboxylic acids is 1. The molecule has 2 N–H and O–H groups in total. The van der Waals surface area contributed by atoms with E-state index in [4.69, 9.17) is 16.6 Å². The molecule has 0 saturated carbocycles. The van der Waals surface area contributed by atoms with Crippen molar-refractivity contribution in [1.82, 2.24) is 15.6 Å². The normalized spacial score (nSPS) is 12.1. The summed E-state index contributed by atoms with van der Waals surface area (Å²) in [6, 6.07) is 27.2. The molecule has 3 aromatic carbocycles. The van der Waals surface area contributed by atoms with Crippen molar-refractivity contribution in [3.63, 3.8) is 0 Å². The molecule has 0 spiro atoms. The Morgan fingerprint density at radius 1 is 0.882 bits per heavy atom. The van der Waals surface area contributed by atoms with Crippen LogP contribution in [0.25, 0.3) is 0 Å². The summed E-state index contributed by atoms with van der Waals surface area (Å²) >= 11 is 7.67. The maximum Gasteiger partial charge on any atom is 0.251 e. The molecule has 0 radical (unpaired) electrons. The van der Waals surface area contributed by atoms with Crippen LogP contribution in [-0.2, 0) is 13.1 Å². The number of rotatable bonds is 5. The monoisotopic (exact) mass is 484 g/mol. The highest BCUT2D eigenvalue weighted by Gasteiger charge is 2.19. The van der Waals surface area contributed by atoms with Gasteiger partial charge in [-0.3, -0.25) is 9.78 Å². The van der Waals surface area contributed by atoms with Crippen molar-refractivity contribution < 1.29 is 4.79 Å². The van der Waals surface area contributed by atoms with Crippen molar-refractivity contribution in [2.75, 3.05) is 0 Å². The van der Waals surface area contributed by atoms with Gasteiger partial charge in [-0.15, -0.1) is 0 Å². The number of halogens is 1. The molecule has 1 amide bonds. The number of pyridine rings is 1. The lowest BCUT2D eigenvalue weighted by Crippen LogP contribution is -2.24. The molecule has 1 aromatic heterocycles. The van der Waals surface area contributed by atoms with Gasteiger partial charge in [-0.05, 0) is 54.1 Å². The van der Waals surface area contributed by atoms with Crippen molar-refractivity contribution >= 4 is 40.8 Å². The summed E-state index contributed by atoms with van der Waals surface area (Å²) in [6.07, 6.45) is 1.71. The Bertz CT molecular complexity index is 1360. The first kappa shape index (κ1) is 22.2. The molecule has 0 atom stereocenters. The molecule has 0 aliphatic carbocycles. The van der Waals surface area contributed by atoms with Crippen molar-refractivity contribution in [3.05, 3.63) is 119 Å². The lowest BCUT2D eigenvalue weighted by atomic mass is 10.1. The van der Waals surface area contributed by atoms with Gasteiger partial charge in [0.2, 0.25) is 0 Å². The van der Waals surface area contributed by atoms with Gasteiger partial charge in [0.05, 0.1) is 17.9 Å². The lowest BCUT2D eigenvalue weighted by molar-refractivity contribution is 0.0950. The Kier molecular flexibility index (Phi) is 6.60. The van der Waals surface area contributed by atoms with Crippen LogP contribution in [0.2, 0.25) is 5.02 Å². The van der Waals surface area contributed by atoms with E-state index in [1.165, 1.54) is 0 Å². The predicted octanol–water partition coefficient (Wildman–Crippen LogP) is 6.00. The van der Waals surface area contributed by atoms with E-state index in [0.29, 0.717) is 23.7 Å². The molecule has 7 heteroatoms. The van der Waals surface area contributed by atoms with E-state index in [1.807, 2.05) is 72.8 Å². The topological polar surface area (TPSA) is 66.4 Å².